The maximum absolute atomic E-state index is 12.2. The van der Waals surface area contributed by atoms with Crippen molar-refractivity contribution in [2.24, 2.45) is 0 Å². The molecule has 0 aliphatic carbocycles. The van der Waals surface area contributed by atoms with Gasteiger partial charge in [0.1, 0.15) is 11.3 Å². The van der Waals surface area contributed by atoms with E-state index < -0.39 is 0 Å². The van der Waals surface area contributed by atoms with Crippen molar-refractivity contribution in [2.75, 3.05) is 18.5 Å². The fourth-order valence-corrected chi connectivity index (χ4v) is 3.00. The summed E-state index contributed by atoms with van der Waals surface area (Å²) in [6.07, 6.45) is 1.84. The Hall–Kier alpha value is -2.80. The molecule has 0 spiro atoms. The largest absolute Gasteiger partial charge is 0.459 e. The topological polar surface area (TPSA) is 81.3 Å². The smallest absolute Gasteiger partial charge is 0.321 e. The molecule has 7 nitrogen and oxygen atoms in total. The summed E-state index contributed by atoms with van der Waals surface area (Å²) < 4.78 is 12.9. The van der Waals surface area contributed by atoms with Crippen LogP contribution in [0.25, 0.3) is 11.0 Å². The number of nitrogens with one attached hydrogen (secondary N) is 2. The highest BCUT2D eigenvalue weighted by molar-refractivity contribution is 5.88. The molecule has 2 N–H and O–H groups in total. The molecule has 1 aliphatic heterocycles. The number of carbonyl (C=O) groups is 1. The van der Waals surface area contributed by atoms with Gasteiger partial charge in [0.25, 0.3) is 0 Å². The highest BCUT2D eigenvalue weighted by Crippen LogP contribution is 2.29. The number of urea groups is 1. The molecule has 2 aromatic heterocycles. The normalized spacial score (nSPS) is 15.8. The lowest BCUT2D eigenvalue weighted by molar-refractivity contribution is -0.0285. The van der Waals surface area contributed by atoms with Crippen molar-refractivity contribution in [3.63, 3.8) is 0 Å². The fraction of sp³-hybridized carbons (Fsp3) is 0.333. The number of anilines is 1. The Morgan fingerprint density at radius 2 is 2.12 bits per heavy atom. The summed E-state index contributed by atoms with van der Waals surface area (Å²) in [6.45, 7) is 5.22. The van der Waals surface area contributed by atoms with E-state index in [0.717, 1.165) is 22.3 Å². The first-order valence-electron chi connectivity index (χ1n) is 8.30. The van der Waals surface area contributed by atoms with Gasteiger partial charge >= 0.3 is 6.03 Å². The number of amides is 2. The monoisotopic (exact) mass is 340 g/mol. The summed E-state index contributed by atoms with van der Waals surface area (Å²) in [5.41, 5.74) is 1.86. The van der Waals surface area contributed by atoms with Crippen molar-refractivity contribution in [1.29, 1.82) is 0 Å². The van der Waals surface area contributed by atoms with Crippen molar-refractivity contribution in [3.05, 3.63) is 47.9 Å². The highest BCUT2D eigenvalue weighted by atomic mass is 16.5. The van der Waals surface area contributed by atoms with Gasteiger partial charge in [-0.05, 0) is 19.9 Å². The second kappa shape index (κ2) is 6.25. The molecule has 1 atom stereocenters. The standard InChI is InChI=1S/C18H20N4O3/c1-11-14-5-3-4-6-15(14)25-17(11)12(2)19-18(23)20-16-7-8-22(21-16)13-9-24-10-13/h3-8,12-13H,9-10H2,1-2H3,(H2,19,20,21,23)/t12-/m1/s1. The fourth-order valence-electron chi connectivity index (χ4n) is 3.00. The molecule has 0 bridgehead atoms. The molecule has 0 radical (unpaired) electrons. The van der Waals surface area contributed by atoms with Crippen molar-refractivity contribution in [3.8, 4) is 0 Å². The molecular formula is C18H20N4O3. The number of rotatable bonds is 4. The molecule has 1 aliphatic rings. The van der Waals surface area contributed by atoms with Crippen LogP contribution >= 0.6 is 0 Å². The van der Waals surface area contributed by atoms with Gasteiger partial charge in [-0.25, -0.2) is 4.79 Å². The van der Waals surface area contributed by atoms with Gasteiger partial charge in [-0.15, -0.1) is 0 Å². The van der Waals surface area contributed by atoms with E-state index in [4.69, 9.17) is 9.15 Å². The number of para-hydroxylation sites is 1. The Kier molecular flexibility index (Phi) is 3.93. The number of fused-ring (bicyclic) bond motifs is 1. The van der Waals surface area contributed by atoms with E-state index in [9.17, 15) is 4.79 Å². The Balaban J connectivity index is 1.42. The molecule has 4 rings (SSSR count). The van der Waals surface area contributed by atoms with E-state index >= 15 is 0 Å². The third kappa shape index (κ3) is 2.98. The van der Waals surface area contributed by atoms with Crippen molar-refractivity contribution < 1.29 is 13.9 Å². The predicted molar refractivity (Wildman–Crippen MR) is 93.6 cm³/mol. The highest BCUT2D eigenvalue weighted by Gasteiger charge is 2.22. The van der Waals surface area contributed by atoms with Crippen LogP contribution in [0.5, 0.6) is 0 Å². The number of benzene rings is 1. The molecule has 1 saturated heterocycles. The summed E-state index contributed by atoms with van der Waals surface area (Å²) >= 11 is 0. The first-order chi connectivity index (χ1) is 12.1. The summed E-state index contributed by atoms with van der Waals surface area (Å²) in [5.74, 6) is 1.27. The van der Waals surface area contributed by atoms with Crippen LogP contribution < -0.4 is 10.6 Å². The molecule has 25 heavy (non-hydrogen) atoms. The summed E-state index contributed by atoms with van der Waals surface area (Å²) in [4.78, 5) is 12.2. The molecule has 3 heterocycles. The summed E-state index contributed by atoms with van der Waals surface area (Å²) in [5, 5.41) is 11.1. The van der Waals surface area contributed by atoms with Crippen LogP contribution in [0, 0.1) is 6.92 Å². The minimum atomic E-state index is -0.317. The molecule has 1 fully saturated rings. The number of carbonyl (C=O) groups excluding carboxylic acids is 1. The van der Waals surface area contributed by atoms with Gasteiger partial charge in [-0.3, -0.25) is 10.00 Å². The minimum absolute atomic E-state index is 0.255. The van der Waals surface area contributed by atoms with E-state index in [2.05, 4.69) is 15.7 Å². The number of aromatic nitrogens is 2. The molecule has 7 heteroatoms. The first-order valence-corrected chi connectivity index (χ1v) is 8.30. The number of hydrogen-bond donors (Lipinski definition) is 2. The average molecular weight is 340 g/mol. The number of ether oxygens (including phenoxy) is 1. The van der Waals surface area contributed by atoms with Gasteiger partial charge in [-0.2, -0.15) is 5.10 Å². The second-order valence-electron chi connectivity index (χ2n) is 6.28. The lowest BCUT2D eigenvalue weighted by Gasteiger charge is -2.25. The Morgan fingerprint density at radius 1 is 1.32 bits per heavy atom. The van der Waals surface area contributed by atoms with Crippen LogP contribution in [0.3, 0.4) is 0 Å². The number of aryl methyl sites for hydroxylation is 1. The quantitative estimate of drug-likeness (QED) is 0.763. The SMILES string of the molecule is Cc1c([C@@H](C)NC(=O)Nc2ccn(C3COC3)n2)oc2ccccc12. The molecule has 1 aromatic carbocycles. The second-order valence-corrected chi connectivity index (χ2v) is 6.28. The van der Waals surface area contributed by atoms with Gasteiger partial charge in [0.15, 0.2) is 5.82 Å². The van der Waals surface area contributed by atoms with Crippen LogP contribution in [0.1, 0.15) is 30.3 Å². The lowest BCUT2D eigenvalue weighted by Crippen LogP contribution is -2.32. The Bertz CT molecular complexity index is 910. The summed E-state index contributed by atoms with van der Waals surface area (Å²) in [7, 11) is 0. The molecule has 130 valence electrons. The van der Waals surface area contributed by atoms with E-state index in [0.29, 0.717) is 19.0 Å². The van der Waals surface area contributed by atoms with Crippen molar-refractivity contribution in [2.45, 2.75) is 25.9 Å². The number of hydrogen-bond acceptors (Lipinski definition) is 4. The number of furan rings is 1. The van der Waals surface area contributed by atoms with Gasteiger partial charge in [0, 0.05) is 23.2 Å². The van der Waals surface area contributed by atoms with Gasteiger partial charge in [0.05, 0.1) is 25.3 Å². The predicted octanol–water partition coefficient (Wildman–Crippen LogP) is 3.39. The lowest BCUT2D eigenvalue weighted by atomic mass is 10.1. The van der Waals surface area contributed by atoms with Crippen LogP contribution in [0.4, 0.5) is 10.6 Å². The number of nitrogens with zero attached hydrogens (tertiary/aromatic N) is 2. The Morgan fingerprint density at radius 3 is 2.84 bits per heavy atom. The van der Waals surface area contributed by atoms with E-state index in [1.807, 2.05) is 49.0 Å². The minimum Gasteiger partial charge on any atom is -0.459 e. The third-order valence-corrected chi connectivity index (χ3v) is 4.47. The molecule has 3 aromatic rings. The van der Waals surface area contributed by atoms with Crippen LogP contribution in [-0.4, -0.2) is 29.0 Å². The van der Waals surface area contributed by atoms with Crippen LogP contribution in [-0.2, 0) is 4.74 Å². The zero-order valence-corrected chi connectivity index (χ0v) is 14.2. The first kappa shape index (κ1) is 15.7. The van der Waals surface area contributed by atoms with Gasteiger partial charge < -0.3 is 14.5 Å². The third-order valence-electron chi connectivity index (χ3n) is 4.47. The Labute approximate surface area is 144 Å². The molecular weight excluding hydrogens is 320 g/mol. The van der Waals surface area contributed by atoms with Crippen molar-refractivity contribution >= 4 is 22.8 Å². The zero-order valence-electron chi connectivity index (χ0n) is 14.2. The van der Waals surface area contributed by atoms with E-state index in [-0.39, 0.29) is 18.1 Å². The van der Waals surface area contributed by atoms with Crippen molar-refractivity contribution in [1.82, 2.24) is 15.1 Å². The van der Waals surface area contributed by atoms with E-state index in [1.54, 1.807) is 6.07 Å². The van der Waals surface area contributed by atoms with Crippen LogP contribution in [0.2, 0.25) is 0 Å². The van der Waals surface area contributed by atoms with Gasteiger partial charge in [-0.1, -0.05) is 18.2 Å². The molecule has 0 unspecified atom stereocenters. The zero-order chi connectivity index (χ0) is 17.4. The maximum Gasteiger partial charge on any atom is 0.321 e. The van der Waals surface area contributed by atoms with Crippen LogP contribution in [0.15, 0.2) is 40.9 Å². The summed E-state index contributed by atoms with van der Waals surface area (Å²) in [6, 6.07) is 9.31. The maximum atomic E-state index is 12.2. The van der Waals surface area contributed by atoms with Gasteiger partial charge in [0.2, 0.25) is 0 Å². The average Bonchev–Trinajstić information content (AvgIpc) is 3.11. The molecule has 2 amide bonds. The molecule has 0 saturated carbocycles. The van der Waals surface area contributed by atoms with E-state index in [1.165, 1.54) is 0 Å².